The Hall–Kier alpha value is -2.11. The second kappa shape index (κ2) is 9.25. The lowest BCUT2D eigenvalue weighted by molar-refractivity contribution is -0.120. The van der Waals surface area contributed by atoms with Crippen LogP contribution in [0.25, 0.3) is 0 Å². The van der Waals surface area contributed by atoms with Crippen molar-refractivity contribution in [3.05, 3.63) is 24.0 Å². The fourth-order valence-electron chi connectivity index (χ4n) is 2.85. The fraction of sp³-hybridized carbons (Fsp3) is 0.556. The molecule has 0 atom stereocenters. The van der Waals surface area contributed by atoms with E-state index >= 15 is 0 Å². The van der Waals surface area contributed by atoms with Gasteiger partial charge in [-0.05, 0) is 37.5 Å². The molecule has 0 aromatic heterocycles. The first-order valence-corrected chi connectivity index (χ1v) is 8.75. The highest BCUT2D eigenvalue weighted by Gasteiger charge is 2.22. The number of carbonyl (C=O) groups excluding carboxylic acids is 2. The van der Waals surface area contributed by atoms with E-state index in [0.29, 0.717) is 12.2 Å². The molecule has 0 spiro atoms. The quantitative estimate of drug-likeness (QED) is 0.680. The highest BCUT2D eigenvalue weighted by atomic mass is 19.1. The van der Waals surface area contributed by atoms with E-state index in [1.807, 2.05) is 6.92 Å². The van der Waals surface area contributed by atoms with E-state index in [1.165, 1.54) is 18.2 Å². The van der Waals surface area contributed by atoms with Crippen LogP contribution in [-0.4, -0.2) is 18.5 Å². The van der Waals surface area contributed by atoms with E-state index in [4.69, 9.17) is 0 Å². The van der Waals surface area contributed by atoms with Gasteiger partial charge in [-0.2, -0.15) is 0 Å². The Morgan fingerprint density at radius 1 is 1.17 bits per heavy atom. The number of unbranched alkanes of at least 4 members (excludes halogenated alkanes) is 1. The Morgan fingerprint density at radius 3 is 2.62 bits per heavy atom. The van der Waals surface area contributed by atoms with Gasteiger partial charge in [-0.25, -0.2) is 9.18 Å². The summed E-state index contributed by atoms with van der Waals surface area (Å²) in [5, 5.41) is 8.04. The number of halogens is 1. The zero-order valence-corrected chi connectivity index (χ0v) is 14.2. The number of urea groups is 1. The summed E-state index contributed by atoms with van der Waals surface area (Å²) in [6.45, 7) is 2.63. The van der Waals surface area contributed by atoms with Gasteiger partial charge in [-0.1, -0.05) is 32.6 Å². The molecule has 5 nitrogen and oxygen atoms in total. The van der Waals surface area contributed by atoms with E-state index in [1.54, 1.807) is 0 Å². The lowest BCUT2D eigenvalue weighted by Crippen LogP contribution is -2.29. The minimum atomic E-state index is -0.504. The molecule has 0 bridgehead atoms. The molecule has 1 fully saturated rings. The molecular weight excluding hydrogens is 309 g/mol. The standard InChI is InChI=1S/C18H26FN3O2/c1-2-3-11-20-18(24)21-14-9-10-15(19)16(12-14)22-17(23)13-7-5-4-6-8-13/h9-10,12-13H,2-8,11H2,1H3,(H,22,23)(H2,20,21,24). The lowest BCUT2D eigenvalue weighted by Gasteiger charge is -2.21. The SMILES string of the molecule is CCCCNC(=O)Nc1ccc(F)c(NC(=O)C2CCCCC2)c1. The lowest BCUT2D eigenvalue weighted by atomic mass is 9.88. The minimum Gasteiger partial charge on any atom is -0.338 e. The number of nitrogens with one attached hydrogen (secondary N) is 3. The molecule has 24 heavy (non-hydrogen) atoms. The van der Waals surface area contributed by atoms with Crippen LogP contribution in [0, 0.1) is 11.7 Å². The molecule has 2 rings (SSSR count). The van der Waals surface area contributed by atoms with Crippen molar-refractivity contribution < 1.29 is 14.0 Å². The summed E-state index contributed by atoms with van der Waals surface area (Å²) in [6.07, 6.45) is 6.84. The molecule has 1 aliphatic carbocycles. The molecule has 1 saturated carbocycles. The van der Waals surface area contributed by atoms with E-state index in [2.05, 4.69) is 16.0 Å². The Bertz CT molecular complexity index is 571. The van der Waals surface area contributed by atoms with Gasteiger partial charge in [0.2, 0.25) is 5.91 Å². The van der Waals surface area contributed by atoms with Crippen LogP contribution < -0.4 is 16.0 Å². The minimum absolute atomic E-state index is 0.0490. The van der Waals surface area contributed by atoms with Gasteiger partial charge in [-0.15, -0.1) is 0 Å². The highest BCUT2D eigenvalue weighted by molar-refractivity contribution is 5.94. The van der Waals surface area contributed by atoms with Crippen molar-refractivity contribution in [2.75, 3.05) is 17.2 Å². The maximum Gasteiger partial charge on any atom is 0.319 e. The molecule has 0 saturated heterocycles. The Labute approximate surface area is 142 Å². The summed E-state index contributed by atoms with van der Waals surface area (Å²) in [5.74, 6) is -0.693. The van der Waals surface area contributed by atoms with Crippen LogP contribution in [0.2, 0.25) is 0 Å². The largest absolute Gasteiger partial charge is 0.338 e. The van der Waals surface area contributed by atoms with Crippen LogP contribution in [0.15, 0.2) is 18.2 Å². The third-order valence-corrected chi connectivity index (χ3v) is 4.27. The molecule has 0 aliphatic heterocycles. The summed E-state index contributed by atoms with van der Waals surface area (Å²) in [7, 11) is 0. The predicted octanol–water partition coefficient (Wildman–Crippen LogP) is 4.27. The van der Waals surface area contributed by atoms with Crippen molar-refractivity contribution in [3.63, 3.8) is 0 Å². The predicted molar refractivity (Wildman–Crippen MR) is 93.5 cm³/mol. The van der Waals surface area contributed by atoms with E-state index in [9.17, 15) is 14.0 Å². The maximum absolute atomic E-state index is 13.9. The number of benzene rings is 1. The summed E-state index contributed by atoms with van der Waals surface area (Å²) in [5.41, 5.74) is 0.557. The van der Waals surface area contributed by atoms with Crippen LogP contribution in [0.5, 0.6) is 0 Å². The molecule has 3 amide bonds. The number of anilines is 2. The summed E-state index contributed by atoms with van der Waals surface area (Å²) in [4.78, 5) is 24.0. The monoisotopic (exact) mass is 335 g/mol. The second-order valence-corrected chi connectivity index (χ2v) is 6.25. The molecule has 1 aliphatic rings. The molecule has 0 unspecified atom stereocenters. The number of hydrogen-bond acceptors (Lipinski definition) is 2. The van der Waals surface area contributed by atoms with Crippen molar-refractivity contribution in [3.8, 4) is 0 Å². The molecular formula is C18H26FN3O2. The zero-order chi connectivity index (χ0) is 17.4. The highest BCUT2D eigenvalue weighted by Crippen LogP contribution is 2.26. The van der Waals surface area contributed by atoms with Crippen molar-refractivity contribution in [1.29, 1.82) is 0 Å². The molecule has 1 aromatic rings. The smallest absolute Gasteiger partial charge is 0.319 e. The van der Waals surface area contributed by atoms with E-state index < -0.39 is 5.82 Å². The van der Waals surface area contributed by atoms with Gasteiger partial charge in [0.1, 0.15) is 5.82 Å². The van der Waals surface area contributed by atoms with Crippen LogP contribution >= 0.6 is 0 Å². The second-order valence-electron chi connectivity index (χ2n) is 6.25. The van der Waals surface area contributed by atoms with Gasteiger partial charge >= 0.3 is 6.03 Å². The average molecular weight is 335 g/mol. The van der Waals surface area contributed by atoms with Crippen molar-refractivity contribution in [2.45, 2.75) is 51.9 Å². The Morgan fingerprint density at radius 2 is 1.92 bits per heavy atom. The number of rotatable bonds is 6. The van der Waals surface area contributed by atoms with Gasteiger partial charge < -0.3 is 16.0 Å². The normalized spacial score (nSPS) is 14.9. The fourth-order valence-corrected chi connectivity index (χ4v) is 2.85. The topological polar surface area (TPSA) is 70.2 Å². The van der Waals surface area contributed by atoms with Crippen molar-refractivity contribution in [2.24, 2.45) is 5.92 Å². The molecule has 1 aromatic carbocycles. The molecule has 0 heterocycles. The van der Waals surface area contributed by atoms with Gasteiger partial charge in [0.15, 0.2) is 0 Å². The first kappa shape index (κ1) is 18.2. The number of hydrogen-bond donors (Lipinski definition) is 3. The van der Waals surface area contributed by atoms with Crippen molar-refractivity contribution >= 4 is 23.3 Å². The van der Waals surface area contributed by atoms with E-state index in [0.717, 1.165) is 44.9 Å². The van der Waals surface area contributed by atoms with Crippen molar-refractivity contribution in [1.82, 2.24) is 5.32 Å². The van der Waals surface area contributed by atoms with Gasteiger partial charge in [0.05, 0.1) is 5.69 Å². The Kier molecular flexibility index (Phi) is 7.03. The van der Waals surface area contributed by atoms with Crippen LogP contribution in [0.1, 0.15) is 51.9 Å². The maximum atomic E-state index is 13.9. The molecule has 3 N–H and O–H groups in total. The first-order chi connectivity index (χ1) is 11.6. The zero-order valence-electron chi connectivity index (χ0n) is 14.2. The average Bonchev–Trinajstić information content (AvgIpc) is 2.59. The summed E-state index contributed by atoms with van der Waals surface area (Å²) < 4.78 is 13.9. The molecule has 0 radical (unpaired) electrons. The molecule has 6 heteroatoms. The number of carbonyl (C=O) groups is 2. The first-order valence-electron chi connectivity index (χ1n) is 8.75. The van der Waals surface area contributed by atoms with Crippen LogP contribution in [0.3, 0.4) is 0 Å². The summed E-state index contributed by atoms with van der Waals surface area (Å²) >= 11 is 0. The van der Waals surface area contributed by atoms with Crippen LogP contribution in [-0.2, 0) is 4.79 Å². The van der Waals surface area contributed by atoms with Crippen LogP contribution in [0.4, 0.5) is 20.6 Å². The number of amides is 3. The van der Waals surface area contributed by atoms with Gasteiger partial charge in [-0.3, -0.25) is 4.79 Å². The third-order valence-electron chi connectivity index (χ3n) is 4.27. The Balaban J connectivity index is 1.94. The van der Waals surface area contributed by atoms with Gasteiger partial charge in [0.25, 0.3) is 0 Å². The van der Waals surface area contributed by atoms with Gasteiger partial charge in [0, 0.05) is 18.2 Å². The molecule has 132 valence electrons. The van der Waals surface area contributed by atoms with E-state index in [-0.39, 0.29) is 23.5 Å². The summed E-state index contributed by atoms with van der Waals surface area (Å²) in [6, 6.07) is 3.85. The third kappa shape index (κ3) is 5.51.